The van der Waals surface area contributed by atoms with Gasteiger partial charge in [-0.05, 0) is 29.3 Å². The molecule has 0 spiro atoms. The molecule has 1 amide bonds. The Balaban J connectivity index is 1.82. The van der Waals surface area contributed by atoms with E-state index in [1.54, 1.807) is 29.2 Å². The standard InChI is InChI=1S/C18H15NO3S2/c1-22-15-8-7-13(9-14(15)20)10-16-17(21)19(18(23)24-16)11-12-5-3-2-4-6-12/h2-10,20H,11H2,1H3/b16-10-. The minimum Gasteiger partial charge on any atom is -0.504 e. The average Bonchev–Trinajstić information content (AvgIpc) is 2.84. The molecule has 6 heteroatoms. The number of thioether (sulfide) groups is 1. The van der Waals surface area contributed by atoms with Gasteiger partial charge >= 0.3 is 0 Å². The van der Waals surface area contributed by atoms with Gasteiger partial charge in [0.05, 0.1) is 18.6 Å². The first-order valence-corrected chi connectivity index (χ1v) is 8.47. The number of aromatic hydroxyl groups is 1. The van der Waals surface area contributed by atoms with Crippen molar-refractivity contribution >= 4 is 40.3 Å². The Morgan fingerprint density at radius 1 is 1.25 bits per heavy atom. The molecule has 0 aliphatic carbocycles. The van der Waals surface area contributed by atoms with Gasteiger partial charge in [-0.3, -0.25) is 9.69 Å². The van der Waals surface area contributed by atoms with Gasteiger partial charge in [-0.15, -0.1) is 0 Å². The summed E-state index contributed by atoms with van der Waals surface area (Å²) in [5.74, 6) is 0.305. The summed E-state index contributed by atoms with van der Waals surface area (Å²) in [6.45, 7) is 0.455. The lowest BCUT2D eigenvalue weighted by atomic mass is 10.1. The van der Waals surface area contributed by atoms with E-state index < -0.39 is 0 Å². The van der Waals surface area contributed by atoms with Crippen LogP contribution in [0.4, 0.5) is 0 Å². The molecular formula is C18H15NO3S2. The molecule has 2 aromatic rings. The molecule has 0 radical (unpaired) electrons. The van der Waals surface area contributed by atoms with Crippen LogP contribution >= 0.6 is 24.0 Å². The fraction of sp³-hybridized carbons (Fsp3) is 0.111. The minimum atomic E-state index is -0.121. The average molecular weight is 357 g/mol. The van der Waals surface area contributed by atoms with E-state index in [9.17, 15) is 9.90 Å². The van der Waals surface area contributed by atoms with Crippen molar-refractivity contribution in [2.45, 2.75) is 6.54 Å². The van der Waals surface area contributed by atoms with Gasteiger partial charge in [0.25, 0.3) is 5.91 Å². The van der Waals surface area contributed by atoms with E-state index in [0.29, 0.717) is 27.1 Å². The molecular weight excluding hydrogens is 342 g/mol. The topological polar surface area (TPSA) is 49.8 Å². The van der Waals surface area contributed by atoms with Crippen LogP contribution in [0.3, 0.4) is 0 Å². The predicted molar refractivity (Wildman–Crippen MR) is 99.8 cm³/mol. The Morgan fingerprint density at radius 2 is 2.00 bits per heavy atom. The van der Waals surface area contributed by atoms with Crippen LogP contribution < -0.4 is 4.74 Å². The Hall–Kier alpha value is -2.31. The second-order valence-electron chi connectivity index (χ2n) is 5.18. The second kappa shape index (κ2) is 7.07. The van der Waals surface area contributed by atoms with E-state index in [1.807, 2.05) is 30.3 Å². The highest BCUT2D eigenvalue weighted by Crippen LogP contribution is 2.35. The number of amides is 1. The summed E-state index contributed by atoms with van der Waals surface area (Å²) in [7, 11) is 1.49. The lowest BCUT2D eigenvalue weighted by Gasteiger charge is -2.14. The zero-order chi connectivity index (χ0) is 17.1. The van der Waals surface area contributed by atoms with Gasteiger partial charge in [-0.1, -0.05) is 60.4 Å². The Kier molecular flexibility index (Phi) is 4.87. The number of hydrogen-bond acceptors (Lipinski definition) is 5. The number of carbonyl (C=O) groups excluding carboxylic acids is 1. The van der Waals surface area contributed by atoms with E-state index in [4.69, 9.17) is 17.0 Å². The van der Waals surface area contributed by atoms with Crippen molar-refractivity contribution < 1.29 is 14.6 Å². The van der Waals surface area contributed by atoms with Gasteiger partial charge in [-0.25, -0.2) is 0 Å². The van der Waals surface area contributed by atoms with Crippen molar-refractivity contribution in [3.63, 3.8) is 0 Å². The van der Waals surface area contributed by atoms with Crippen molar-refractivity contribution in [1.82, 2.24) is 4.90 Å². The van der Waals surface area contributed by atoms with Crippen LogP contribution in [-0.4, -0.2) is 27.3 Å². The van der Waals surface area contributed by atoms with Crippen LogP contribution in [0.25, 0.3) is 6.08 Å². The smallest absolute Gasteiger partial charge is 0.266 e. The van der Waals surface area contributed by atoms with Crippen molar-refractivity contribution in [3.8, 4) is 11.5 Å². The quantitative estimate of drug-likeness (QED) is 0.666. The van der Waals surface area contributed by atoms with Crippen molar-refractivity contribution in [2.75, 3.05) is 7.11 Å². The van der Waals surface area contributed by atoms with Crippen LogP contribution in [0, 0.1) is 0 Å². The molecule has 3 rings (SSSR count). The molecule has 0 unspecified atom stereocenters. The SMILES string of the molecule is COc1ccc(/C=C2\SC(=S)N(Cc3ccccc3)C2=O)cc1O. The number of carbonyl (C=O) groups is 1. The van der Waals surface area contributed by atoms with Crippen LogP contribution in [0.5, 0.6) is 11.5 Å². The fourth-order valence-electron chi connectivity index (χ4n) is 2.35. The molecule has 0 bridgehead atoms. The van der Waals surface area contributed by atoms with Crippen molar-refractivity contribution in [3.05, 3.63) is 64.6 Å². The molecule has 2 aromatic carbocycles. The molecule has 1 aliphatic rings. The summed E-state index contributed by atoms with van der Waals surface area (Å²) in [5, 5.41) is 9.85. The van der Waals surface area contributed by atoms with E-state index in [0.717, 1.165) is 5.56 Å². The molecule has 0 atom stereocenters. The van der Waals surface area contributed by atoms with Crippen LogP contribution in [0.15, 0.2) is 53.4 Å². The van der Waals surface area contributed by atoms with E-state index in [-0.39, 0.29) is 11.7 Å². The highest BCUT2D eigenvalue weighted by atomic mass is 32.2. The fourth-order valence-corrected chi connectivity index (χ4v) is 3.61. The Bertz CT molecular complexity index is 818. The molecule has 0 aromatic heterocycles. The molecule has 122 valence electrons. The summed E-state index contributed by atoms with van der Waals surface area (Å²) in [6, 6.07) is 14.7. The first-order valence-electron chi connectivity index (χ1n) is 7.25. The minimum absolute atomic E-state index is 0.0333. The molecule has 1 saturated heterocycles. The highest BCUT2D eigenvalue weighted by molar-refractivity contribution is 8.26. The lowest BCUT2D eigenvalue weighted by Crippen LogP contribution is -2.27. The predicted octanol–water partition coefficient (Wildman–Crippen LogP) is 3.80. The zero-order valence-corrected chi connectivity index (χ0v) is 14.6. The molecule has 1 N–H and O–H groups in total. The number of hydrogen-bond donors (Lipinski definition) is 1. The van der Waals surface area contributed by atoms with Gasteiger partial charge < -0.3 is 9.84 Å². The largest absolute Gasteiger partial charge is 0.504 e. The maximum absolute atomic E-state index is 12.6. The zero-order valence-electron chi connectivity index (χ0n) is 12.9. The Morgan fingerprint density at radius 3 is 2.67 bits per heavy atom. The first kappa shape index (κ1) is 16.5. The monoisotopic (exact) mass is 357 g/mol. The van der Waals surface area contributed by atoms with Gasteiger partial charge in [0.2, 0.25) is 0 Å². The molecule has 4 nitrogen and oxygen atoms in total. The molecule has 1 fully saturated rings. The number of phenols is 1. The van der Waals surface area contributed by atoms with Gasteiger partial charge in [-0.2, -0.15) is 0 Å². The third kappa shape index (κ3) is 3.44. The summed E-state index contributed by atoms with van der Waals surface area (Å²) in [6.07, 6.45) is 1.73. The maximum Gasteiger partial charge on any atom is 0.266 e. The normalized spacial score (nSPS) is 16.0. The van der Waals surface area contributed by atoms with Crippen LogP contribution in [-0.2, 0) is 11.3 Å². The number of methoxy groups -OCH3 is 1. The lowest BCUT2D eigenvalue weighted by molar-refractivity contribution is -0.122. The first-order chi connectivity index (χ1) is 11.6. The van der Waals surface area contributed by atoms with E-state index in [1.165, 1.54) is 18.9 Å². The third-order valence-corrected chi connectivity index (χ3v) is 4.94. The number of rotatable bonds is 4. The Labute approximate surface area is 149 Å². The van der Waals surface area contributed by atoms with Crippen molar-refractivity contribution in [2.24, 2.45) is 0 Å². The maximum atomic E-state index is 12.6. The summed E-state index contributed by atoms with van der Waals surface area (Å²) < 4.78 is 5.55. The van der Waals surface area contributed by atoms with Gasteiger partial charge in [0.1, 0.15) is 4.32 Å². The number of ether oxygens (including phenoxy) is 1. The number of benzene rings is 2. The van der Waals surface area contributed by atoms with E-state index >= 15 is 0 Å². The number of thiocarbonyl (C=S) groups is 1. The van der Waals surface area contributed by atoms with Crippen LogP contribution in [0.1, 0.15) is 11.1 Å². The van der Waals surface area contributed by atoms with Crippen LogP contribution in [0.2, 0.25) is 0 Å². The van der Waals surface area contributed by atoms with Gasteiger partial charge in [0, 0.05) is 0 Å². The molecule has 24 heavy (non-hydrogen) atoms. The van der Waals surface area contributed by atoms with Crippen molar-refractivity contribution in [1.29, 1.82) is 0 Å². The molecule has 1 heterocycles. The number of phenolic OH excluding ortho intramolecular Hbond substituents is 1. The van der Waals surface area contributed by atoms with Gasteiger partial charge in [0.15, 0.2) is 11.5 Å². The third-order valence-electron chi connectivity index (χ3n) is 3.56. The summed E-state index contributed by atoms with van der Waals surface area (Å²) in [5.41, 5.74) is 1.74. The second-order valence-corrected chi connectivity index (χ2v) is 6.86. The highest BCUT2D eigenvalue weighted by Gasteiger charge is 2.31. The number of nitrogens with zero attached hydrogens (tertiary/aromatic N) is 1. The molecule has 0 saturated carbocycles. The molecule has 1 aliphatic heterocycles. The van der Waals surface area contributed by atoms with E-state index in [2.05, 4.69) is 0 Å². The summed E-state index contributed by atoms with van der Waals surface area (Å²) in [4.78, 5) is 14.7. The summed E-state index contributed by atoms with van der Waals surface area (Å²) >= 11 is 6.60.